The Morgan fingerprint density at radius 1 is 1.22 bits per heavy atom. The largest absolute Gasteiger partial charge is 0.350 e. The molecule has 2 aromatic heterocycles. The quantitative estimate of drug-likeness (QED) is 0.884. The number of hydrogen-bond donors (Lipinski definition) is 1. The molecule has 1 aliphatic rings. The van der Waals surface area contributed by atoms with Crippen LogP contribution in [0.5, 0.6) is 0 Å². The van der Waals surface area contributed by atoms with Crippen LogP contribution in [0.1, 0.15) is 31.4 Å². The monoisotopic (exact) mass is 368 g/mol. The van der Waals surface area contributed by atoms with E-state index in [4.69, 9.17) is 5.26 Å². The molecule has 0 atom stereocenters. The van der Waals surface area contributed by atoms with Crippen LogP contribution in [-0.2, 0) is 5.41 Å². The van der Waals surface area contributed by atoms with Crippen molar-refractivity contribution in [2.75, 3.05) is 23.3 Å². The summed E-state index contributed by atoms with van der Waals surface area (Å²) in [5, 5.41) is 21.5. The molecule has 0 bridgehead atoms. The molecule has 0 unspecified atom stereocenters. The second-order valence-electron chi connectivity index (χ2n) is 7.03. The maximum atomic E-state index is 13.6. The van der Waals surface area contributed by atoms with Gasteiger partial charge in [-0.2, -0.15) is 10.5 Å². The van der Waals surface area contributed by atoms with Gasteiger partial charge in [0, 0.05) is 19.2 Å². The molecule has 1 aliphatic heterocycles. The van der Waals surface area contributed by atoms with E-state index in [2.05, 4.69) is 21.4 Å². The Morgan fingerprint density at radius 3 is 2.63 bits per heavy atom. The van der Waals surface area contributed by atoms with E-state index in [0.29, 0.717) is 28.6 Å². The molecule has 0 radical (unpaired) electrons. The summed E-state index contributed by atoms with van der Waals surface area (Å²) in [6.07, 6.45) is 1.26. The van der Waals surface area contributed by atoms with Gasteiger partial charge in [0.1, 0.15) is 17.5 Å². The summed E-state index contributed by atoms with van der Waals surface area (Å²) in [4.78, 5) is 10.1. The van der Waals surface area contributed by atoms with Gasteiger partial charge in [0.2, 0.25) is 0 Å². The van der Waals surface area contributed by atoms with Crippen LogP contribution in [0.2, 0.25) is 0 Å². The van der Waals surface area contributed by atoms with Crippen molar-refractivity contribution in [1.82, 2.24) is 9.97 Å². The number of hydrogen-bond acceptors (Lipinski definition) is 6. The van der Waals surface area contributed by atoms with Crippen LogP contribution in [0.3, 0.4) is 0 Å². The van der Waals surface area contributed by atoms with Gasteiger partial charge >= 0.3 is 0 Å². The number of rotatable bonds is 4. The van der Waals surface area contributed by atoms with E-state index < -0.39 is 17.9 Å². The Labute approximate surface area is 156 Å². The first-order valence-electron chi connectivity index (χ1n) is 8.42. The van der Waals surface area contributed by atoms with Crippen molar-refractivity contribution in [3.63, 3.8) is 0 Å². The molecular formula is C19H18F2N6. The lowest BCUT2D eigenvalue weighted by Gasteiger charge is -2.23. The van der Waals surface area contributed by atoms with Gasteiger partial charge in [-0.15, -0.1) is 0 Å². The topological polar surface area (TPSA) is 88.6 Å². The molecule has 8 heteroatoms. The summed E-state index contributed by atoms with van der Waals surface area (Å²) >= 11 is 0. The lowest BCUT2D eigenvalue weighted by molar-refractivity contribution is 0.0256. The number of halogens is 2. The van der Waals surface area contributed by atoms with Crippen molar-refractivity contribution >= 4 is 17.5 Å². The molecule has 3 heterocycles. The molecule has 0 saturated carbocycles. The molecule has 0 aliphatic carbocycles. The van der Waals surface area contributed by atoms with Crippen LogP contribution < -0.4 is 10.2 Å². The Morgan fingerprint density at radius 2 is 2.00 bits per heavy atom. The lowest BCUT2D eigenvalue weighted by Crippen LogP contribution is -2.26. The number of anilines is 3. The molecule has 0 aromatic carbocycles. The Kier molecular flexibility index (Phi) is 4.67. The van der Waals surface area contributed by atoms with E-state index >= 15 is 0 Å². The Bertz CT molecular complexity index is 942. The molecule has 2 aromatic rings. The van der Waals surface area contributed by atoms with Crippen LogP contribution in [0.25, 0.3) is 0 Å². The maximum Gasteiger partial charge on any atom is 0.266 e. The number of aromatic nitrogens is 2. The second-order valence-corrected chi connectivity index (χ2v) is 7.03. The predicted octanol–water partition coefficient (Wildman–Crippen LogP) is 3.74. The number of nitrogens with one attached hydrogen (secondary N) is 1. The fraction of sp³-hybridized carbons (Fsp3) is 0.368. The fourth-order valence-electron chi connectivity index (χ4n) is 2.80. The highest BCUT2D eigenvalue weighted by Gasteiger charge is 2.39. The van der Waals surface area contributed by atoms with Crippen LogP contribution in [-0.4, -0.2) is 29.0 Å². The van der Waals surface area contributed by atoms with Crippen LogP contribution in [0.4, 0.5) is 26.2 Å². The zero-order valence-electron chi connectivity index (χ0n) is 15.0. The normalized spacial score (nSPS) is 15.9. The number of pyridine rings is 2. The van der Waals surface area contributed by atoms with Gasteiger partial charge in [0.15, 0.2) is 0 Å². The highest BCUT2D eigenvalue weighted by Crippen LogP contribution is 2.34. The van der Waals surface area contributed by atoms with Gasteiger partial charge in [-0.05, 0) is 43.7 Å². The number of nitrogens with zero attached hydrogens (tertiary/aromatic N) is 5. The third kappa shape index (κ3) is 4.12. The molecule has 1 fully saturated rings. The van der Waals surface area contributed by atoms with E-state index in [0.717, 1.165) is 0 Å². The van der Waals surface area contributed by atoms with Crippen molar-refractivity contribution in [3.05, 3.63) is 41.6 Å². The van der Waals surface area contributed by atoms with Gasteiger partial charge in [-0.3, -0.25) is 0 Å². The SMILES string of the molecule is CC(C)(C#N)c1cc(Nc2cc(C#N)ccn2)nc(N2CCC(F)(F)C2)c1. The average molecular weight is 368 g/mol. The molecule has 1 N–H and O–H groups in total. The standard InChI is InChI=1S/C19H18F2N6/c1-18(2,11-23)14-8-16(25-15-7-13(10-22)3-5-24-15)26-17(9-14)27-6-4-19(20,21)12-27/h3,5,7-9H,4,6,12H2,1-2H3,(H,24,25,26). The number of nitriles is 2. The Hall–Kier alpha value is -3.26. The summed E-state index contributed by atoms with van der Waals surface area (Å²) in [5.74, 6) is -1.58. The molecule has 3 rings (SSSR count). The van der Waals surface area contributed by atoms with Crippen LogP contribution in [0, 0.1) is 22.7 Å². The first-order chi connectivity index (χ1) is 12.7. The lowest BCUT2D eigenvalue weighted by atomic mass is 9.87. The summed E-state index contributed by atoms with van der Waals surface area (Å²) in [6.45, 7) is 3.29. The van der Waals surface area contributed by atoms with E-state index in [1.54, 1.807) is 38.1 Å². The highest BCUT2D eigenvalue weighted by atomic mass is 19.3. The molecule has 6 nitrogen and oxygen atoms in total. The van der Waals surface area contributed by atoms with Crippen molar-refractivity contribution in [2.24, 2.45) is 0 Å². The van der Waals surface area contributed by atoms with Crippen molar-refractivity contribution < 1.29 is 8.78 Å². The van der Waals surface area contributed by atoms with Crippen molar-refractivity contribution in [3.8, 4) is 12.1 Å². The molecular weight excluding hydrogens is 350 g/mol. The van der Waals surface area contributed by atoms with E-state index in [-0.39, 0.29) is 13.0 Å². The molecule has 138 valence electrons. The third-order valence-electron chi connectivity index (χ3n) is 4.45. The Balaban J connectivity index is 2.00. The first kappa shape index (κ1) is 18.5. The minimum absolute atomic E-state index is 0.193. The van der Waals surface area contributed by atoms with E-state index in [1.165, 1.54) is 11.1 Å². The van der Waals surface area contributed by atoms with Gasteiger partial charge in [-0.25, -0.2) is 18.7 Å². The summed E-state index contributed by atoms with van der Waals surface area (Å²) in [5.41, 5.74) is 0.266. The molecule has 27 heavy (non-hydrogen) atoms. The fourth-order valence-corrected chi connectivity index (χ4v) is 2.80. The highest BCUT2D eigenvalue weighted by molar-refractivity contribution is 5.60. The first-order valence-corrected chi connectivity index (χ1v) is 8.42. The molecule has 1 saturated heterocycles. The van der Waals surface area contributed by atoms with Crippen molar-refractivity contribution in [1.29, 1.82) is 10.5 Å². The summed E-state index contributed by atoms with van der Waals surface area (Å²) < 4.78 is 27.3. The smallest absolute Gasteiger partial charge is 0.266 e. The second kappa shape index (κ2) is 6.81. The van der Waals surface area contributed by atoms with Crippen LogP contribution >= 0.6 is 0 Å². The van der Waals surface area contributed by atoms with E-state index in [9.17, 15) is 14.0 Å². The maximum absolute atomic E-state index is 13.6. The summed E-state index contributed by atoms with van der Waals surface area (Å²) in [7, 11) is 0. The van der Waals surface area contributed by atoms with E-state index in [1.807, 2.05) is 6.07 Å². The molecule has 0 spiro atoms. The van der Waals surface area contributed by atoms with Gasteiger partial charge < -0.3 is 10.2 Å². The molecule has 0 amide bonds. The zero-order chi connectivity index (χ0) is 19.7. The third-order valence-corrected chi connectivity index (χ3v) is 4.45. The average Bonchev–Trinajstić information content (AvgIpc) is 3.01. The minimum atomic E-state index is -2.75. The van der Waals surface area contributed by atoms with Gasteiger partial charge in [0.25, 0.3) is 5.92 Å². The summed E-state index contributed by atoms with van der Waals surface area (Å²) in [6, 6.07) is 10.8. The predicted molar refractivity (Wildman–Crippen MR) is 96.9 cm³/mol. The zero-order valence-corrected chi connectivity index (χ0v) is 15.0. The minimum Gasteiger partial charge on any atom is -0.350 e. The van der Waals surface area contributed by atoms with Crippen molar-refractivity contribution in [2.45, 2.75) is 31.6 Å². The van der Waals surface area contributed by atoms with Crippen LogP contribution in [0.15, 0.2) is 30.5 Å². The number of alkyl halides is 2. The van der Waals surface area contributed by atoms with Gasteiger partial charge in [-0.1, -0.05) is 0 Å². The van der Waals surface area contributed by atoms with Gasteiger partial charge in [0.05, 0.1) is 29.7 Å².